The fourth-order valence-corrected chi connectivity index (χ4v) is 6.72. The van der Waals surface area contributed by atoms with Gasteiger partial charge in [-0.2, -0.15) is 0 Å². The third kappa shape index (κ3) is 6.58. The zero-order valence-corrected chi connectivity index (χ0v) is 21.9. The van der Waals surface area contributed by atoms with E-state index >= 15 is 0 Å². The Hall–Kier alpha value is -0.340. The molecule has 0 spiro atoms. The highest BCUT2D eigenvalue weighted by molar-refractivity contribution is 8.14. The van der Waals surface area contributed by atoms with Crippen molar-refractivity contribution < 1.29 is 4.84 Å². The average molecular weight is 455 g/mol. The lowest BCUT2D eigenvalue weighted by atomic mass is 10.1. The predicted molar refractivity (Wildman–Crippen MR) is 136 cm³/mol. The van der Waals surface area contributed by atoms with Gasteiger partial charge in [0.2, 0.25) is 0 Å². The number of aliphatic imine (C=N–C) groups is 2. The van der Waals surface area contributed by atoms with E-state index in [2.05, 4.69) is 67.3 Å². The number of rotatable bonds is 10. The number of nitrogens with zero attached hydrogens (tertiary/aromatic N) is 3. The molecule has 0 amide bonds. The first kappa shape index (κ1) is 25.9. The molecule has 2 aliphatic rings. The Morgan fingerprint density at radius 2 is 1.47 bits per heavy atom. The second-order valence-corrected chi connectivity index (χ2v) is 12.4. The molecule has 0 saturated heterocycles. The molecule has 0 aromatic heterocycles. The second-order valence-electron chi connectivity index (χ2n) is 10.2. The zero-order chi connectivity index (χ0) is 22.6. The number of thioether (sulfide) groups is 2. The van der Waals surface area contributed by atoms with Crippen molar-refractivity contribution in [3.8, 4) is 0 Å². The van der Waals surface area contributed by atoms with Crippen molar-refractivity contribution in [2.75, 3.05) is 18.1 Å². The second kappa shape index (κ2) is 10.1. The van der Waals surface area contributed by atoms with Gasteiger partial charge in [0, 0.05) is 0 Å². The Bertz CT molecular complexity index is 668. The third-order valence-electron chi connectivity index (χ3n) is 5.28. The van der Waals surface area contributed by atoms with E-state index in [1.807, 2.05) is 28.6 Å². The van der Waals surface area contributed by atoms with Crippen LogP contribution < -0.4 is 5.32 Å². The Morgan fingerprint density at radius 1 is 0.900 bits per heavy atom. The molecule has 7 heteroatoms. The average Bonchev–Trinajstić information content (AvgIpc) is 2.92. The molecule has 0 saturated carbocycles. The van der Waals surface area contributed by atoms with Gasteiger partial charge in [-0.3, -0.25) is 20.1 Å². The van der Waals surface area contributed by atoms with Crippen LogP contribution in [0.25, 0.3) is 0 Å². The molecule has 0 fully saturated rings. The first-order valence-electron chi connectivity index (χ1n) is 11.1. The summed E-state index contributed by atoms with van der Waals surface area (Å²) in [4.78, 5) is 15.7. The van der Waals surface area contributed by atoms with Gasteiger partial charge < -0.3 is 0 Å². The Balaban J connectivity index is 1.66. The lowest BCUT2D eigenvalue weighted by molar-refractivity contribution is -0.228. The van der Waals surface area contributed by atoms with Crippen LogP contribution in [0.4, 0.5) is 0 Å². The summed E-state index contributed by atoms with van der Waals surface area (Å²) in [5.41, 5.74) is -0.687. The summed E-state index contributed by atoms with van der Waals surface area (Å²) < 4.78 is 0. The van der Waals surface area contributed by atoms with E-state index in [0.717, 1.165) is 11.5 Å². The Morgan fingerprint density at radius 3 is 1.97 bits per heavy atom. The topological polar surface area (TPSA) is 49.2 Å². The van der Waals surface area contributed by atoms with Crippen LogP contribution in [0.15, 0.2) is 22.6 Å². The van der Waals surface area contributed by atoms with Crippen molar-refractivity contribution in [1.82, 2.24) is 10.4 Å². The molecule has 1 N–H and O–H groups in total. The van der Waals surface area contributed by atoms with Crippen LogP contribution in [0.3, 0.4) is 0 Å². The SMILES string of the molecule is C=CCON1C(C)(C)N=C(SCCCCCCSC2=NC(C)(C)NC2(C)C)C1(C)C. The van der Waals surface area contributed by atoms with E-state index < -0.39 is 0 Å². The Labute approximate surface area is 192 Å². The van der Waals surface area contributed by atoms with Crippen LogP contribution in [0, 0.1) is 0 Å². The van der Waals surface area contributed by atoms with Crippen LogP contribution in [0.5, 0.6) is 0 Å². The van der Waals surface area contributed by atoms with Crippen molar-refractivity contribution in [1.29, 1.82) is 0 Å². The van der Waals surface area contributed by atoms with E-state index in [4.69, 9.17) is 14.8 Å². The van der Waals surface area contributed by atoms with Crippen molar-refractivity contribution in [3.63, 3.8) is 0 Å². The molecule has 0 atom stereocenters. The maximum atomic E-state index is 5.93. The highest BCUT2D eigenvalue weighted by Crippen LogP contribution is 2.39. The smallest absolute Gasteiger partial charge is 0.132 e. The van der Waals surface area contributed by atoms with Gasteiger partial charge in [0.15, 0.2) is 0 Å². The summed E-state index contributed by atoms with van der Waals surface area (Å²) >= 11 is 3.80. The van der Waals surface area contributed by atoms with Crippen LogP contribution in [0.2, 0.25) is 0 Å². The van der Waals surface area contributed by atoms with E-state index in [1.54, 1.807) is 6.08 Å². The summed E-state index contributed by atoms with van der Waals surface area (Å²) in [6.45, 7) is 21.6. The number of hydrogen-bond acceptors (Lipinski definition) is 7. The minimum Gasteiger partial charge on any atom is -0.292 e. The van der Waals surface area contributed by atoms with Crippen LogP contribution in [-0.2, 0) is 4.84 Å². The molecule has 2 heterocycles. The van der Waals surface area contributed by atoms with E-state index in [-0.39, 0.29) is 22.4 Å². The van der Waals surface area contributed by atoms with Gasteiger partial charge in [-0.05, 0) is 79.7 Å². The number of hydrogen-bond donors (Lipinski definition) is 1. The molecule has 5 nitrogen and oxygen atoms in total. The molecule has 0 aliphatic carbocycles. The van der Waals surface area contributed by atoms with Gasteiger partial charge in [0.1, 0.15) is 11.3 Å². The molecular formula is C23H42N4OS2. The lowest BCUT2D eigenvalue weighted by Crippen LogP contribution is -2.51. The Kier molecular flexibility index (Phi) is 8.70. The highest BCUT2D eigenvalue weighted by Gasteiger charge is 2.48. The van der Waals surface area contributed by atoms with Crippen molar-refractivity contribution in [2.24, 2.45) is 9.98 Å². The molecule has 0 aromatic rings. The van der Waals surface area contributed by atoms with Crippen molar-refractivity contribution >= 4 is 33.6 Å². The van der Waals surface area contributed by atoms with E-state index in [9.17, 15) is 0 Å². The quantitative estimate of drug-likeness (QED) is 0.330. The van der Waals surface area contributed by atoms with Crippen LogP contribution in [0.1, 0.15) is 81.1 Å². The van der Waals surface area contributed by atoms with Gasteiger partial charge in [0.05, 0.1) is 27.8 Å². The lowest BCUT2D eigenvalue weighted by Gasteiger charge is -2.37. The van der Waals surface area contributed by atoms with Crippen LogP contribution >= 0.6 is 23.5 Å². The normalized spacial score (nSPS) is 24.0. The van der Waals surface area contributed by atoms with Crippen molar-refractivity contribution in [3.05, 3.63) is 12.7 Å². The summed E-state index contributed by atoms with van der Waals surface area (Å²) in [7, 11) is 0. The third-order valence-corrected chi connectivity index (χ3v) is 8.00. The van der Waals surface area contributed by atoms with Gasteiger partial charge in [-0.25, -0.2) is 0 Å². The minimum atomic E-state index is -0.341. The number of nitrogens with one attached hydrogen (secondary N) is 1. The maximum Gasteiger partial charge on any atom is 0.132 e. The monoisotopic (exact) mass is 454 g/mol. The zero-order valence-electron chi connectivity index (χ0n) is 20.3. The first-order valence-corrected chi connectivity index (χ1v) is 13.1. The standard InChI is InChI=1S/C23H42N4OS2/c1-10-15-28-27-21(4,5)19(25-23(27,8)9)30-17-14-12-11-13-16-29-18-20(2,3)26-22(6,7)24-18/h10,26H,1,11-17H2,2-9H3. The minimum absolute atomic E-state index is 0.00331. The van der Waals surface area contributed by atoms with Crippen molar-refractivity contribution in [2.45, 2.75) is 103 Å². The van der Waals surface area contributed by atoms with E-state index in [1.165, 1.54) is 35.8 Å². The molecule has 2 rings (SSSR count). The summed E-state index contributed by atoms with van der Waals surface area (Å²) in [6, 6.07) is 0. The molecule has 0 aromatic carbocycles. The molecular weight excluding hydrogens is 412 g/mol. The summed E-state index contributed by atoms with van der Waals surface area (Å²) in [6.07, 6.45) is 6.79. The van der Waals surface area contributed by atoms with Gasteiger partial charge in [-0.15, -0.1) is 35.2 Å². The van der Waals surface area contributed by atoms with Gasteiger partial charge in [-0.1, -0.05) is 18.9 Å². The van der Waals surface area contributed by atoms with Crippen LogP contribution in [-0.4, -0.2) is 55.7 Å². The summed E-state index contributed by atoms with van der Waals surface area (Å²) in [5.74, 6) is 2.26. The molecule has 30 heavy (non-hydrogen) atoms. The fourth-order valence-electron chi connectivity index (χ4n) is 4.20. The highest BCUT2D eigenvalue weighted by atomic mass is 32.2. The molecule has 2 aliphatic heterocycles. The van der Waals surface area contributed by atoms with Gasteiger partial charge in [0.25, 0.3) is 0 Å². The van der Waals surface area contributed by atoms with Gasteiger partial charge >= 0.3 is 0 Å². The maximum absolute atomic E-state index is 5.93. The largest absolute Gasteiger partial charge is 0.292 e. The fraction of sp³-hybridized carbons (Fsp3) is 0.826. The van der Waals surface area contributed by atoms with E-state index in [0.29, 0.717) is 6.61 Å². The molecule has 0 radical (unpaired) electrons. The predicted octanol–water partition coefficient (Wildman–Crippen LogP) is 5.88. The number of hydroxylamine groups is 2. The number of unbranched alkanes of at least 4 members (excludes halogenated alkanes) is 3. The molecule has 172 valence electrons. The molecule has 0 unspecified atom stereocenters. The first-order chi connectivity index (χ1) is 13.8. The summed E-state index contributed by atoms with van der Waals surface area (Å²) in [5, 5.41) is 8.02. The molecule has 0 bridgehead atoms.